The van der Waals surface area contributed by atoms with Crippen molar-refractivity contribution >= 4 is 28.2 Å². The predicted octanol–water partition coefficient (Wildman–Crippen LogP) is 4.10. The molecule has 0 saturated carbocycles. The zero-order chi connectivity index (χ0) is 23.1. The number of nitrogens with zero attached hydrogens (tertiary/aromatic N) is 5. The normalized spacial score (nSPS) is 20.8. The van der Waals surface area contributed by atoms with Gasteiger partial charge in [-0.3, -0.25) is 14.0 Å². The zero-order valence-corrected chi connectivity index (χ0v) is 19.0. The molecule has 2 saturated heterocycles. The number of hydrogen-bond acceptors (Lipinski definition) is 4. The highest BCUT2D eigenvalue weighted by molar-refractivity contribution is 6.07. The second kappa shape index (κ2) is 8.56. The maximum atomic E-state index is 13.7. The van der Waals surface area contributed by atoms with Gasteiger partial charge in [0.15, 0.2) is 11.5 Å². The molecule has 7 nitrogen and oxygen atoms in total. The Morgan fingerprint density at radius 2 is 1.68 bits per heavy atom. The zero-order valence-electron chi connectivity index (χ0n) is 19.0. The quantitative estimate of drug-likeness (QED) is 0.468. The van der Waals surface area contributed by atoms with Crippen LogP contribution in [0.15, 0.2) is 66.9 Å². The molecule has 2 atom stereocenters. The maximum absolute atomic E-state index is 13.7. The van der Waals surface area contributed by atoms with Crippen LogP contribution in [-0.2, 0) is 4.79 Å². The molecule has 4 aromatic rings. The van der Waals surface area contributed by atoms with Gasteiger partial charge in [-0.2, -0.15) is 0 Å². The summed E-state index contributed by atoms with van der Waals surface area (Å²) < 4.78 is 1.98. The van der Waals surface area contributed by atoms with Crippen LogP contribution in [0.25, 0.3) is 16.4 Å². The van der Waals surface area contributed by atoms with E-state index in [1.807, 2.05) is 81.1 Å². The van der Waals surface area contributed by atoms with E-state index in [1.54, 1.807) is 0 Å². The van der Waals surface area contributed by atoms with E-state index in [-0.39, 0.29) is 23.8 Å². The summed E-state index contributed by atoms with van der Waals surface area (Å²) in [4.78, 5) is 31.0. The van der Waals surface area contributed by atoms with E-state index >= 15 is 0 Å². The smallest absolute Gasteiger partial charge is 0.254 e. The van der Waals surface area contributed by atoms with Crippen LogP contribution in [0.1, 0.15) is 47.9 Å². The van der Waals surface area contributed by atoms with Crippen molar-refractivity contribution in [3.8, 4) is 0 Å². The van der Waals surface area contributed by atoms with Crippen LogP contribution in [0.4, 0.5) is 0 Å². The topological polar surface area (TPSA) is 70.8 Å². The Morgan fingerprint density at radius 1 is 0.853 bits per heavy atom. The summed E-state index contributed by atoms with van der Waals surface area (Å²) in [5.41, 5.74) is 1.50. The van der Waals surface area contributed by atoms with Crippen LogP contribution >= 0.6 is 0 Å². The fourth-order valence-corrected chi connectivity index (χ4v) is 5.57. The minimum Gasteiger partial charge on any atom is -0.338 e. The summed E-state index contributed by atoms with van der Waals surface area (Å²) in [5, 5.41) is 10.7. The molecule has 2 aromatic carbocycles. The highest BCUT2D eigenvalue weighted by Gasteiger charge is 2.38. The van der Waals surface area contributed by atoms with Gasteiger partial charge in [-0.1, -0.05) is 42.5 Å². The van der Waals surface area contributed by atoms with Gasteiger partial charge in [-0.05, 0) is 54.7 Å². The van der Waals surface area contributed by atoms with Crippen molar-refractivity contribution < 1.29 is 9.59 Å². The lowest BCUT2D eigenvalue weighted by Gasteiger charge is -2.35. The molecule has 0 N–H and O–H groups in total. The molecule has 0 unspecified atom stereocenters. The van der Waals surface area contributed by atoms with E-state index < -0.39 is 0 Å². The molecule has 2 aliphatic rings. The molecular formula is C27H27N5O2. The van der Waals surface area contributed by atoms with Crippen LogP contribution < -0.4 is 0 Å². The van der Waals surface area contributed by atoms with Crippen molar-refractivity contribution in [2.24, 2.45) is 5.92 Å². The molecule has 34 heavy (non-hydrogen) atoms. The lowest BCUT2D eigenvalue weighted by Crippen LogP contribution is -2.46. The summed E-state index contributed by atoms with van der Waals surface area (Å²) in [6, 6.07) is 19.6. The average molecular weight is 454 g/mol. The van der Waals surface area contributed by atoms with E-state index in [0.29, 0.717) is 18.7 Å². The van der Waals surface area contributed by atoms with E-state index in [1.165, 1.54) is 0 Å². The molecule has 0 radical (unpaired) electrons. The molecular weight excluding hydrogens is 426 g/mol. The minimum absolute atomic E-state index is 0.00993. The molecule has 0 bridgehead atoms. The Bertz CT molecular complexity index is 1370. The molecule has 4 heterocycles. The second-order valence-electron chi connectivity index (χ2n) is 9.29. The number of piperidine rings is 1. The Balaban J connectivity index is 1.23. The largest absolute Gasteiger partial charge is 0.338 e. The Morgan fingerprint density at radius 3 is 2.62 bits per heavy atom. The third-order valence-electron chi connectivity index (χ3n) is 7.25. The molecule has 172 valence electrons. The number of rotatable bonds is 3. The number of hydrogen-bond donors (Lipinski definition) is 0. The van der Waals surface area contributed by atoms with Gasteiger partial charge in [0.2, 0.25) is 5.91 Å². The SMILES string of the molecule is O=C(c1cccc2ccccc12)N1CCC[C@@H](C(=O)N2CCC[C@H]2c2nnc3ccccn23)C1. The van der Waals surface area contributed by atoms with Gasteiger partial charge < -0.3 is 9.80 Å². The van der Waals surface area contributed by atoms with Gasteiger partial charge in [0, 0.05) is 31.4 Å². The molecule has 7 heteroatoms. The van der Waals surface area contributed by atoms with Crippen LogP contribution in [0.3, 0.4) is 0 Å². The van der Waals surface area contributed by atoms with Crippen molar-refractivity contribution in [3.63, 3.8) is 0 Å². The number of fused-ring (bicyclic) bond motifs is 2. The molecule has 2 aromatic heterocycles. The molecule has 2 aliphatic heterocycles. The Kier molecular flexibility index (Phi) is 5.24. The van der Waals surface area contributed by atoms with Crippen LogP contribution in [-0.4, -0.2) is 55.8 Å². The van der Waals surface area contributed by atoms with Gasteiger partial charge in [-0.25, -0.2) is 0 Å². The monoisotopic (exact) mass is 453 g/mol. The lowest BCUT2D eigenvalue weighted by atomic mass is 9.94. The minimum atomic E-state index is -0.188. The Labute approximate surface area is 198 Å². The van der Waals surface area contributed by atoms with E-state index in [2.05, 4.69) is 10.2 Å². The van der Waals surface area contributed by atoms with Crippen LogP contribution in [0.2, 0.25) is 0 Å². The van der Waals surface area contributed by atoms with E-state index in [4.69, 9.17) is 0 Å². The van der Waals surface area contributed by atoms with Gasteiger partial charge in [0.25, 0.3) is 5.91 Å². The van der Waals surface area contributed by atoms with Crippen molar-refractivity contribution in [2.75, 3.05) is 19.6 Å². The van der Waals surface area contributed by atoms with Gasteiger partial charge in [0.05, 0.1) is 12.0 Å². The Hall–Kier alpha value is -3.74. The highest BCUT2D eigenvalue weighted by Crippen LogP contribution is 2.34. The fourth-order valence-electron chi connectivity index (χ4n) is 5.57. The standard InChI is InChI=1S/C27H27N5O2/c33-26(31-17-7-13-23(31)25-29-28-24-14-3-4-16-32(24)25)20-10-6-15-30(18-20)27(34)22-12-5-9-19-8-1-2-11-21(19)22/h1-5,8-9,11-12,14,16,20,23H,6-7,10,13,15,17-18H2/t20-,23+/m1/s1. The molecule has 2 fully saturated rings. The number of benzene rings is 2. The molecule has 0 spiro atoms. The van der Waals surface area contributed by atoms with Crippen LogP contribution in [0.5, 0.6) is 0 Å². The number of aromatic nitrogens is 3. The summed E-state index contributed by atoms with van der Waals surface area (Å²) in [5.74, 6) is 0.773. The van der Waals surface area contributed by atoms with Crippen molar-refractivity contribution in [3.05, 3.63) is 78.2 Å². The molecule has 6 rings (SSSR count). The lowest BCUT2D eigenvalue weighted by molar-refractivity contribution is -0.138. The number of carbonyl (C=O) groups excluding carboxylic acids is 2. The highest BCUT2D eigenvalue weighted by atomic mass is 16.2. The second-order valence-corrected chi connectivity index (χ2v) is 9.29. The maximum Gasteiger partial charge on any atom is 0.254 e. The summed E-state index contributed by atoms with van der Waals surface area (Å²) >= 11 is 0. The summed E-state index contributed by atoms with van der Waals surface area (Å²) in [6.45, 7) is 1.87. The van der Waals surface area contributed by atoms with Gasteiger partial charge in [0.1, 0.15) is 0 Å². The van der Waals surface area contributed by atoms with E-state index in [0.717, 1.165) is 54.5 Å². The van der Waals surface area contributed by atoms with Crippen LogP contribution in [0, 0.1) is 5.92 Å². The molecule has 2 amide bonds. The van der Waals surface area contributed by atoms with Gasteiger partial charge in [-0.15, -0.1) is 10.2 Å². The summed E-state index contributed by atoms with van der Waals surface area (Å²) in [6.07, 6.45) is 5.42. The fraction of sp³-hybridized carbons (Fsp3) is 0.333. The summed E-state index contributed by atoms with van der Waals surface area (Å²) in [7, 11) is 0. The number of carbonyl (C=O) groups is 2. The first-order valence-corrected chi connectivity index (χ1v) is 12.1. The average Bonchev–Trinajstić information content (AvgIpc) is 3.54. The third kappa shape index (κ3) is 3.52. The first kappa shape index (κ1) is 20.8. The van der Waals surface area contributed by atoms with Gasteiger partial charge >= 0.3 is 0 Å². The number of amides is 2. The first-order valence-electron chi connectivity index (χ1n) is 12.1. The molecule has 0 aliphatic carbocycles. The first-order chi connectivity index (χ1) is 16.7. The van der Waals surface area contributed by atoms with Crippen molar-refractivity contribution in [1.29, 1.82) is 0 Å². The third-order valence-corrected chi connectivity index (χ3v) is 7.25. The predicted molar refractivity (Wildman–Crippen MR) is 129 cm³/mol. The van der Waals surface area contributed by atoms with Crippen molar-refractivity contribution in [1.82, 2.24) is 24.4 Å². The number of likely N-dealkylation sites (tertiary alicyclic amines) is 2. The van der Waals surface area contributed by atoms with Crippen molar-refractivity contribution in [2.45, 2.75) is 31.7 Å². The van der Waals surface area contributed by atoms with E-state index in [9.17, 15) is 9.59 Å². The number of pyridine rings is 1.